The number of carbonyl (C=O) groups is 1. The number of likely N-dealkylation sites (tertiary alicyclic amines) is 1. The van der Waals surface area contributed by atoms with E-state index in [0.717, 1.165) is 5.56 Å². The second-order valence-corrected chi connectivity index (χ2v) is 6.94. The van der Waals surface area contributed by atoms with E-state index in [9.17, 15) is 22.4 Å². The highest BCUT2D eigenvalue weighted by Gasteiger charge is 2.42. The van der Waals surface area contributed by atoms with Crippen LogP contribution in [0.1, 0.15) is 18.5 Å². The summed E-state index contributed by atoms with van der Waals surface area (Å²) in [5.74, 6) is -2.25. The van der Waals surface area contributed by atoms with E-state index in [0.29, 0.717) is 23.7 Å². The zero-order valence-electron chi connectivity index (χ0n) is 13.7. The number of piperidine rings is 1. The number of halogens is 4. The molecule has 8 heteroatoms. The third kappa shape index (κ3) is 4.49. The van der Waals surface area contributed by atoms with Gasteiger partial charge in [-0.25, -0.2) is 9.37 Å². The standard InChI is InChI=1S/C18H16F4N2OS/c19-14-5-3-12(4-6-14)17-23-15(11-26-17)7-8-16(25)24-9-1-2-13(10-24)18(20,21)22/h3-8,11,13H,1-2,9-10H2/b8-7+. The molecule has 1 aromatic heterocycles. The molecule has 1 atom stereocenters. The van der Waals surface area contributed by atoms with Gasteiger partial charge in [0.25, 0.3) is 0 Å². The van der Waals surface area contributed by atoms with Crippen molar-refractivity contribution in [3.05, 3.63) is 47.2 Å². The van der Waals surface area contributed by atoms with Crippen LogP contribution in [0.15, 0.2) is 35.7 Å². The van der Waals surface area contributed by atoms with Crippen molar-refractivity contribution in [2.45, 2.75) is 19.0 Å². The first-order valence-corrected chi connectivity index (χ1v) is 8.96. The van der Waals surface area contributed by atoms with Crippen molar-refractivity contribution in [1.82, 2.24) is 9.88 Å². The van der Waals surface area contributed by atoms with E-state index in [1.807, 2.05) is 0 Å². The summed E-state index contributed by atoms with van der Waals surface area (Å²) in [5.41, 5.74) is 1.29. The summed E-state index contributed by atoms with van der Waals surface area (Å²) in [7, 11) is 0. The molecule has 1 fully saturated rings. The van der Waals surface area contributed by atoms with E-state index < -0.39 is 18.0 Å². The predicted molar refractivity (Wildman–Crippen MR) is 91.9 cm³/mol. The van der Waals surface area contributed by atoms with Crippen LogP contribution in [0.5, 0.6) is 0 Å². The Bertz CT molecular complexity index is 798. The molecule has 3 rings (SSSR count). The molecular formula is C18H16F4N2OS. The molecule has 1 amide bonds. The van der Waals surface area contributed by atoms with Crippen molar-refractivity contribution in [2.75, 3.05) is 13.1 Å². The number of amides is 1. The Morgan fingerprint density at radius 1 is 1.27 bits per heavy atom. The highest BCUT2D eigenvalue weighted by atomic mass is 32.1. The molecule has 138 valence electrons. The maximum absolute atomic E-state index is 13.0. The second kappa shape index (κ2) is 7.57. The smallest absolute Gasteiger partial charge is 0.339 e. The molecule has 3 nitrogen and oxygen atoms in total. The normalized spacial score (nSPS) is 18.5. The molecule has 26 heavy (non-hydrogen) atoms. The van der Waals surface area contributed by atoms with E-state index in [1.54, 1.807) is 17.5 Å². The average Bonchev–Trinajstić information content (AvgIpc) is 3.08. The number of benzene rings is 1. The Hall–Kier alpha value is -2.22. The van der Waals surface area contributed by atoms with Crippen LogP contribution in [0, 0.1) is 11.7 Å². The van der Waals surface area contributed by atoms with E-state index in [-0.39, 0.29) is 18.8 Å². The van der Waals surface area contributed by atoms with Crippen LogP contribution in [0.3, 0.4) is 0 Å². The molecular weight excluding hydrogens is 368 g/mol. The fourth-order valence-electron chi connectivity index (χ4n) is 2.79. The Morgan fingerprint density at radius 3 is 2.69 bits per heavy atom. The number of nitrogens with zero attached hydrogens (tertiary/aromatic N) is 2. The van der Waals surface area contributed by atoms with E-state index in [2.05, 4.69) is 4.98 Å². The molecule has 1 aromatic carbocycles. The summed E-state index contributed by atoms with van der Waals surface area (Å²) in [6.45, 7) is 0.0260. The molecule has 2 aromatic rings. The van der Waals surface area contributed by atoms with Gasteiger partial charge in [-0.15, -0.1) is 11.3 Å². The van der Waals surface area contributed by atoms with Gasteiger partial charge in [-0.2, -0.15) is 13.2 Å². The van der Waals surface area contributed by atoms with Crippen LogP contribution < -0.4 is 0 Å². The Morgan fingerprint density at radius 2 is 2.00 bits per heavy atom. The largest absolute Gasteiger partial charge is 0.393 e. The number of rotatable bonds is 3. The maximum atomic E-state index is 13.0. The van der Waals surface area contributed by atoms with Gasteiger partial charge in [-0.3, -0.25) is 4.79 Å². The monoisotopic (exact) mass is 384 g/mol. The quantitative estimate of drug-likeness (QED) is 0.565. The lowest BCUT2D eigenvalue weighted by molar-refractivity contribution is -0.187. The number of hydrogen-bond donors (Lipinski definition) is 0. The summed E-state index contributed by atoms with van der Waals surface area (Å²) >= 11 is 1.34. The maximum Gasteiger partial charge on any atom is 0.393 e. The summed E-state index contributed by atoms with van der Waals surface area (Å²) in [4.78, 5) is 17.7. The van der Waals surface area contributed by atoms with Gasteiger partial charge in [0.2, 0.25) is 5.91 Å². The minimum Gasteiger partial charge on any atom is -0.339 e. The zero-order chi connectivity index (χ0) is 18.7. The third-order valence-electron chi connectivity index (χ3n) is 4.21. The van der Waals surface area contributed by atoms with Gasteiger partial charge in [0, 0.05) is 30.1 Å². The molecule has 0 saturated carbocycles. The number of thiazole rings is 1. The Labute approximate surface area is 152 Å². The molecule has 0 radical (unpaired) electrons. The van der Waals surface area contributed by atoms with Gasteiger partial charge in [-0.1, -0.05) is 0 Å². The van der Waals surface area contributed by atoms with Crippen molar-refractivity contribution in [1.29, 1.82) is 0 Å². The van der Waals surface area contributed by atoms with Crippen LogP contribution >= 0.6 is 11.3 Å². The molecule has 2 heterocycles. The average molecular weight is 384 g/mol. The van der Waals surface area contributed by atoms with Gasteiger partial charge < -0.3 is 4.90 Å². The lowest BCUT2D eigenvalue weighted by atomic mass is 9.97. The predicted octanol–water partition coefficient (Wildman–Crippen LogP) is 4.76. The SMILES string of the molecule is O=C(/C=C/c1csc(-c2ccc(F)cc2)n1)N1CCCC(C(F)(F)F)C1. The zero-order valence-corrected chi connectivity index (χ0v) is 14.5. The highest BCUT2D eigenvalue weighted by molar-refractivity contribution is 7.13. The van der Waals surface area contributed by atoms with Crippen LogP contribution in [0.25, 0.3) is 16.6 Å². The molecule has 1 aliphatic heterocycles. The van der Waals surface area contributed by atoms with Crippen LogP contribution in [-0.4, -0.2) is 35.1 Å². The van der Waals surface area contributed by atoms with Gasteiger partial charge in [0.15, 0.2) is 0 Å². The van der Waals surface area contributed by atoms with Crippen LogP contribution in [0.2, 0.25) is 0 Å². The van der Waals surface area contributed by atoms with Gasteiger partial charge in [0.1, 0.15) is 10.8 Å². The van der Waals surface area contributed by atoms with Crippen molar-refractivity contribution < 1.29 is 22.4 Å². The van der Waals surface area contributed by atoms with Gasteiger partial charge in [0.05, 0.1) is 11.6 Å². The van der Waals surface area contributed by atoms with Crippen LogP contribution in [-0.2, 0) is 4.79 Å². The van der Waals surface area contributed by atoms with Crippen molar-refractivity contribution in [3.8, 4) is 10.6 Å². The molecule has 0 aliphatic carbocycles. The molecule has 1 aliphatic rings. The first kappa shape index (κ1) is 18.6. The minimum atomic E-state index is -4.28. The summed E-state index contributed by atoms with van der Waals surface area (Å²) < 4.78 is 51.4. The topological polar surface area (TPSA) is 33.2 Å². The minimum absolute atomic E-state index is 0.0596. The number of hydrogen-bond acceptors (Lipinski definition) is 3. The van der Waals surface area contributed by atoms with E-state index >= 15 is 0 Å². The summed E-state index contributed by atoms with van der Waals surface area (Å²) in [5, 5.41) is 2.41. The van der Waals surface area contributed by atoms with E-state index in [1.165, 1.54) is 40.5 Å². The fraction of sp³-hybridized carbons (Fsp3) is 0.333. The lowest BCUT2D eigenvalue weighted by Gasteiger charge is -2.33. The van der Waals surface area contributed by atoms with Gasteiger partial charge in [-0.05, 0) is 43.2 Å². The Balaban J connectivity index is 1.64. The molecule has 0 bridgehead atoms. The first-order valence-electron chi connectivity index (χ1n) is 8.08. The van der Waals surface area contributed by atoms with Crippen molar-refractivity contribution >= 4 is 23.3 Å². The van der Waals surface area contributed by atoms with Gasteiger partial charge >= 0.3 is 6.18 Å². The number of alkyl halides is 3. The third-order valence-corrected chi connectivity index (χ3v) is 5.12. The summed E-state index contributed by atoms with van der Waals surface area (Å²) in [6.07, 6.45) is -1.13. The molecule has 1 unspecified atom stereocenters. The van der Waals surface area contributed by atoms with Crippen molar-refractivity contribution in [2.24, 2.45) is 5.92 Å². The summed E-state index contributed by atoms with van der Waals surface area (Å²) in [6, 6.07) is 5.89. The van der Waals surface area contributed by atoms with Crippen molar-refractivity contribution in [3.63, 3.8) is 0 Å². The lowest BCUT2D eigenvalue weighted by Crippen LogP contribution is -2.44. The highest BCUT2D eigenvalue weighted by Crippen LogP contribution is 2.33. The fourth-order valence-corrected chi connectivity index (χ4v) is 3.59. The van der Waals surface area contributed by atoms with E-state index in [4.69, 9.17) is 0 Å². The molecule has 0 N–H and O–H groups in total. The molecule has 0 spiro atoms. The number of carbonyl (C=O) groups excluding carboxylic acids is 1. The second-order valence-electron chi connectivity index (χ2n) is 6.08. The first-order chi connectivity index (χ1) is 12.3. The molecule has 1 saturated heterocycles. The number of aromatic nitrogens is 1. The Kier molecular flexibility index (Phi) is 5.41. The van der Waals surface area contributed by atoms with Crippen LogP contribution in [0.4, 0.5) is 17.6 Å².